The molecule has 0 aliphatic rings. The highest BCUT2D eigenvalue weighted by atomic mass is 32.2. The molecule has 2 aromatic rings. The van der Waals surface area contributed by atoms with E-state index in [4.69, 9.17) is 4.42 Å². The highest BCUT2D eigenvalue weighted by Crippen LogP contribution is 2.14. The van der Waals surface area contributed by atoms with Crippen molar-refractivity contribution in [3.05, 3.63) is 59.5 Å². The number of nitrogens with zero attached hydrogens (tertiary/aromatic N) is 1. The van der Waals surface area contributed by atoms with E-state index < -0.39 is 10.0 Å². The standard InChI is InChI=1S/C14H17NO3S/c1-12-5-3-6-13(9-12)11-19(16,17)15(2)10-14-7-4-8-18-14/h3-9H,10-11H2,1-2H3. The molecule has 0 aliphatic heterocycles. The van der Waals surface area contributed by atoms with Crippen LogP contribution in [-0.4, -0.2) is 19.8 Å². The lowest BCUT2D eigenvalue weighted by molar-refractivity contribution is 0.406. The van der Waals surface area contributed by atoms with Crippen molar-refractivity contribution in [1.82, 2.24) is 4.31 Å². The number of furan rings is 1. The Hall–Kier alpha value is -1.59. The molecule has 1 aromatic heterocycles. The first-order valence-corrected chi connectivity index (χ1v) is 7.60. The third-order valence-electron chi connectivity index (χ3n) is 2.87. The summed E-state index contributed by atoms with van der Waals surface area (Å²) in [7, 11) is -1.77. The molecule has 0 saturated carbocycles. The molecular formula is C14H17NO3S. The highest BCUT2D eigenvalue weighted by molar-refractivity contribution is 7.88. The number of hydrogen-bond donors (Lipinski definition) is 0. The van der Waals surface area contributed by atoms with Gasteiger partial charge < -0.3 is 4.42 Å². The Kier molecular flexibility index (Phi) is 4.07. The van der Waals surface area contributed by atoms with E-state index in [9.17, 15) is 8.42 Å². The van der Waals surface area contributed by atoms with Gasteiger partial charge in [-0.15, -0.1) is 0 Å². The molecule has 2 rings (SSSR count). The first-order valence-electron chi connectivity index (χ1n) is 5.99. The van der Waals surface area contributed by atoms with Crippen LogP contribution in [0.15, 0.2) is 47.1 Å². The molecule has 0 spiro atoms. The van der Waals surface area contributed by atoms with E-state index in [0.717, 1.165) is 11.1 Å². The summed E-state index contributed by atoms with van der Waals surface area (Å²) < 4.78 is 30.9. The SMILES string of the molecule is Cc1cccc(CS(=O)(=O)N(C)Cc2ccco2)c1. The van der Waals surface area contributed by atoms with Crippen LogP contribution in [0.1, 0.15) is 16.9 Å². The van der Waals surface area contributed by atoms with Crippen LogP contribution in [0.2, 0.25) is 0 Å². The van der Waals surface area contributed by atoms with Gasteiger partial charge in [0.25, 0.3) is 0 Å². The molecular weight excluding hydrogens is 262 g/mol. The number of aryl methyl sites for hydroxylation is 1. The monoisotopic (exact) mass is 279 g/mol. The maximum absolute atomic E-state index is 12.2. The van der Waals surface area contributed by atoms with Crippen molar-refractivity contribution >= 4 is 10.0 Å². The zero-order valence-corrected chi connectivity index (χ0v) is 11.9. The molecule has 4 nitrogen and oxygen atoms in total. The van der Waals surface area contributed by atoms with Gasteiger partial charge in [-0.3, -0.25) is 0 Å². The van der Waals surface area contributed by atoms with Crippen LogP contribution in [0.25, 0.3) is 0 Å². The Labute approximate surface area is 113 Å². The van der Waals surface area contributed by atoms with Gasteiger partial charge in [-0.1, -0.05) is 29.8 Å². The summed E-state index contributed by atoms with van der Waals surface area (Å²) in [5, 5.41) is 0. The van der Waals surface area contributed by atoms with Gasteiger partial charge in [0, 0.05) is 7.05 Å². The molecule has 0 unspecified atom stereocenters. The molecule has 0 atom stereocenters. The van der Waals surface area contributed by atoms with E-state index >= 15 is 0 Å². The molecule has 0 aliphatic carbocycles. The average Bonchev–Trinajstić information content (AvgIpc) is 2.81. The van der Waals surface area contributed by atoms with E-state index in [1.807, 2.05) is 31.2 Å². The minimum atomic E-state index is -3.33. The molecule has 0 N–H and O–H groups in total. The van der Waals surface area contributed by atoms with Crippen molar-refractivity contribution in [2.75, 3.05) is 7.05 Å². The molecule has 5 heteroatoms. The summed E-state index contributed by atoms with van der Waals surface area (Å²) in [6, 6.07) is 11.0. The topological polar surface area (TPSA) is 50.5 Å². The quantitative estimate of drug-likeness (QED) is 0.845. The number of hydrogen-bond acceptors (Lipinski definition) is 3. The molecule has 19 heavy (non-hydrogen) atoms. The second-order valence-corrected chi connectivity index (χ2v) is 6.66. The lowest BCUT2D eigenvalue weighted by atomic mass is 10.2. The first-order chi connectivity index (χ1) is 8.97. The molecule has 0 radical (unpaired) electrons. The summed E-state index contributed by atoms with van der Waals surface area (Å²) >= 11 is 0. The zero-order chi connectivity index (χ0) is 13.9. The van der Waals surface area contributed by atoms with E-state index in [1.54, 1.807) is 19.2 Å². The average molecular weight is 279 g/mol. The van der Waals surface area contributed by atoms with Crippen molar-refractivity contribution in [2.24, 2.45) is 0 Å². The maximum atomic E-state index is 12.2. The third kappa shape index (κ3) is 3.68. The lowest BCUT2D eigenvalue weighted by Crippen LogP contribution is -2.27. The van der Waals surface area contributed by atoms with Crippen molar-refractivity contribution in [2.45, 2.75) is 19.2 Å². The van der Waals surface area contributed by atoms with Crippen LogP contribution in [0, 0.1) is 6.92 Å². The van der Waals surface area contributed by atoms with Gasteiger partial charge in [0.15, 0.2) is 0 Å². The fourth-order valence-electron chi connectivity index (χ4n) is 1.84. The molecule has 0 amide bonds. The summed E-state index contributed by atoms with van der Waals surface area (Å²) in [5.41, 5.74) is 1.85. The fourth-order valence-corrected chi connectivity index (χ4v) is 2.99. The summed E-state index contributed by atoms with van der Waals surface area (Å²) in [6.45, 7) is 2.20. The summed E-state index contributed by atoms with van der Waals surface area (Å²) in [5.74, 6) is 0.640. The van der Waals surface area contributed by atoms with Gasteiger partial charge in [-0.2, -0.15) is 4.31 Å². The van der Waals surface area contributed by atoms with Crippen LogP contribution >= 0.6 is 0 Å². The predicted octanol–water partition coefficient (Wildman–Crippen LogP) is 2.55. The molecule has 1 aromatic carbocycles. The molecule has 0 bridgehead atoms. The van der Waals surface area contributed by atoms with Gasteiger partial charge in [-0.25, -0.2) is 8.42 Å². The van der Waals surface area contributed by atoms with E-state index in [2.05, 4.69) is 0 Å². The Morgan fingerprint density at radius 1 is 1.21 bits per heavy atom. The minimum absolute atomic E-state index is 0.00584. The normalized spacial score (nSPS) is 11.9. The summed E-state index contributed by atoms with van der Waals surface area (Å²) in [4.78, 5) is 0. The van der Waals surface area contributed by atoms with Crippen LogP contribution in [0.4, 0.5) is 0 Å². The second-order valence-electron chi connectivity index (χ2n) is 4.58. The van der Waals surface area contributed by atoms with Crippen molar-refractivity contribution in [3.8, 4) is 0 Å². The minimum Gasteiger partial charge on any atom is -0.468 e. The third-order valence-corrected chi connectivity index (χ3v) is 4.64. The summed E-state index contributed by atoms with van der Waals surface area (Å²) in [6.07, 6.45) is 1.54. The number of rotatable bonds is 5. The van der Waals surface area contributed by atoms with E-state index in [1.165, 1.54) is 10.6 Å². The van der Waals surface area contributed by atoms with Crippen LogP contribution in [0.5, 0.6) is 0 Å². The first kappa shape index (κ1) is 13.8. The highest BCUT2D eigenvalue weighted by Gasteiger charge is 2.19. The van der Waals surface area contributed by atoms with Crippen molar-refractivity contribution in [1.29, 1.82) is 0 Å². The number of sulfonamides is 1. The van der Waals surface area contributed by atoms with Gasteiger partial charge in [0.1, 0.15) is 5.76 Å². The van der Waals surface area contributed by atoms with E-state index in [0.29, 0.717) is 5.76 Å². The Morgan fingerprint density at radius 3 is 2.63 bits per heavy atom. The smallest absolute Gasteiger partial charge is 0.218 e. The maximum Gasteiger partial charge on any atom is 0.218 e. The fraction of sp³-hybridized carbons (Fsp3) is 0.286. The van der Waals surface area contributed by atoms with Gasteiger partial charge in [-0.05, 0) is 24.6 Å². The van der Waals surface area contributed by atoms with Crippen molar-refractivity contribution < 1.29 is 12.8 Å². The predicted molar refractivity (Wildman–Crippen MR) is 74.0 cm³/mol. The zero-order valence-electron chi connectivity index (χ0n) is 11.0. The second kappa shape index (κ2) is 5.59. The van der Waals surface area contributed by atoms with E-state index in [-0.39, 0.29) is 12.3 Å². The van der Waals surface area contributed by atoms with Crippen LogP contribution in [0.3, 0.4) is 0 Å². The Morgan fingerprint density at radius 2 is 2.00 bits per heavy atom. The Bertz CT molecular complexity index is 632. The van der Waals surface area contributed by atoms with Crippen molar-refractivity contribution in [3.63, 3.8) is 0 Å². The molecule has 102 valence electrons. The van der Waals surface area contributed by atoms with Crippen LogP contribution in [-0.2, 0) is 22.3 Å². The molecule has 0 fully saturated rings. The largest absolute Gasteiger partial charge is 0.468 e. The van der Waals surface area contributed by atoms with Gasteiger partial charge >= 0.3 is 0 Å². The van der Waals surface area contributed by atoms with Gasteiger partial charge in [0.05, 0.1) is 18.6 Å². The van der Waals surface area contributed by atoms with Gasteiger partial charge in [0.2, 0.25) is 10.0 Å². The van der Waals surface area contributed by atoms with Crippen LogP contribution < -0.4 is 0 Å². The molecule has 0 saturated heterocycles. The number of benzene rings is 1. The Balaban J connectivity index is 2.09. The molecule has 1 heterocycles. The lowest BCUT2D eigenvalue weighted by Gasteiger charge is -2.16.